The van der Waals surface area contributed by atoms with Crippen molar-refractivity contribution in [2.45, 2.75) is 0 Å². The molecule has 0 amide bonds. The number of ether oxygens (including phenoxy) is 1. The normalized spacial score (nSPS) is 10.5. The zero-order chi connectivity index (χ0) is 13.9. The fourth-order valence-electron chi connectivity index (χ4n) is 1.98. The SMILES string of the molecule is COc1ccc(-c2nnc(NN)c3cnncc23)cc1. The van der Waals surface area contributed by atoms with E-state index in [1.807, 2.05) is 24.3 Å². The molecule has 0 saturated carbocycles. The van der Waals surface area contributed by atoms with E-state index in [1.54, 1.807) is 19.5 Å². The third-order valence-electron chi connectivity index (χ3n) is 2.99. The number of nitrogens with zero attached hydrogens (tertiary/aromatic N) is 4. The average Bonchev–Trinajstić information content (AvgIpc) is 2.54. The van der Waals surface area contributed by atoms with E-state index in [4.69, 9.17) is 10.6 Å². The van der Waals surface area contributed by atoms with Gasteiger partial charge in [0.05, 0.1) is 24.9 Å². The maximum Gasteiger partial charge on any atom is 0.172 e. The van der Waals surface area contributed by atoms with E-state index >= 15 is 0 Å². The van der Waals surface area contributed by atoms with Crippen LogP contribution < -0.4 is 16.0 Å². The summed E-state index contributed by atoms with van der Waals surface area (Å²) in [6, 6.07) is 7.57. The Kier molecular flexibility index (Phi) is 3.10. The number of hydrogen-bond acceptors (Lipinski definition) is 7. The van der Waals surface area contributed by atoms with Crippen molar-refractivity contribution in [3.05, 3.63) is 36.7 Å². The van der Waals surface area contributed by atoms with Gasteiger partial charge in [-0.15, -0.1) is 10.2 Å². The summed E-state index contributed by atoms with van der Waals surface area (Å²) in [5, 5.41) is 17.6. The lowest BCUT2D eigenvalue weighted by Gasteiger charge is -2.08. The number of fused-ring (bicyclic) bond motifs is 1. The highest BCUT2D eigenvalue weighted by Gasteiger charge is 2.11. The molecule has 3 rings (SSSR count). The average molecular weight is 268 g/mol. The summed E-state index contributed by atoms with van der Waals surface area (Å²) in [5.74, 6) is 6.67. The first kappa shape index (κ1) is 12.2. The van der Waals surface area contributed by atoms with Gasteiger partial charge in [0.2, 0.25) is 0 Å². The maximum atomic E-state index is 5.43. The number of benzene rings is 1. The van der Waals surface area contributed by atoms with Crippen molar-refractivity contribution in [2.75, 3.05) is 12.5 Å². The molecule has 7 nitrogen and oxygen atoms in total. The Hall–Kier alpha value is -2.80. The molecule has 0 spiro atoms. The number of nitrogens with one attached hydrogen (secondary N) is 1. The van der Waals surface area contributed by atoms with Gasteiger partial charge in [-0.1, -0.05) is 0 Å². The molecule has 0 unspecified atom stereocenters. The van der Waals surface area contributed by atoms with Crippen LogP contribution in [0.25, 0.3) is 22.0 Å². The molecule has 20 heavy (non-hydrogen) atoms. The Bertz CT molecular complexity index is 743. The molecule has 0 bridgehead atoms. The molecule has 7 heteroatoms. The minimum Gasteiger partial charge on any atom is -0.497 e. The van der Waals surface area contributed by atoms with E-state index in [0.717, 1.165) is 27.8 Å². The number of anilines is 1. The molecular weight excluding hydrogens is 256 g/mol. The largest absolute Gasteiger partial charge is 0.497 e. The lowest BCUT2D eigenvalue weighted by molar-refractivity contribution is 0.415. The highest BCUT2D eigenvalue weighted by Crippen LogP contribution is 2.29. The van der Waals surface area contributed by atoms with Crippen LogP contribution in [0.4, 0.5) is 5.82 Å². The Balaban J connectivity index is 2.20. The Morgan fingerprint density at radius 1 is 1.00 bits per heavy atom. The van der Waals surface area contributed by atoms with Gasteiger partial charge in [0.15, 0.2) is 5.82 Å². The van der Waals surface area contributed by atoms with Crippen molar-refractivity contribution in [2.24, 2.45) is 5.84 Å². The lowest BCUT2D eigenvalue weighted by atomic mass is 10.1. The molecule has 3 N–H and O–H groups in total. The number of hydrazine groups is 1. The van der Waals surface area contributed by atoms with E-state index < -0.39 is 0 Å². The zero-order valence-electron chi connectivity index (χ0n) is 10.7. The first-order valence-electron chi connectivity index (χ1n) is 5.91. The van der Waals surface area contributed by atoms with Gasteiger partial charge in [0.1, 0.15) is 11.4 Å². The molecule has 3 aromatic rings. The van der Waals surface area contributed by atoms with Gasteiger partial charge in [-0.05, 0) is 24.3 Å². The molecule has 0 aliphatic rings. The van der Waals surface area contributed by atoms with Crippen LogP contribution in [-0.2, 0) is 0 Å². The molecule has 100 valence electrons. The smallest absolute Gasteiger partial charge is 0.172 e. The topological polar surface area (TPSA) is 98.8 Å². The standard InChI is InChI=1S/C13H12N6O/c1-20-9-4-2-8(3-5-9)12-10-6-15-16-7-11(10)13(17-14)19-18-12/h2-7H,14H2,1H3,(H,17,19). The first-order chi connectivity index (χ1) is 9.83. The molecule has 1 aromatic carbocycles. The van der Waals surface area contributed by atoms with Crippen molar-refractivity contribution in [1.82, 2.24) is 20.4 Å². The molecule has 2 aromatic heterocycles. The Labute approximate surface area is 114 Å². The predicted molar refractivity (Wildman–Crippen MR) is 74.9 cm³/mol. The molecule has 0 radical (unpaired) electrons. The first-order valence-corrected chi connectivity index (χ1v) is 5.91. The van der Waals surface area contributed by atoms with Crippen LogP contribution in [-0.4, -0.2) is 27.5 Å². The molecule has 0 atom stereocenters. The molecule has 0 saturated heterocycles. The summed E-state index contributed by atoms with van der Waals surface area (Å²) in [5.41, 5.74) is 4.14. The second-order valence-corrected chi connectivity index (χ2v) is 4.09. The van der Waals surface area contributed by atoms with E-state index in [-0.39, 0.29) is 0 Å². The number of nitrogen functional groups attached to an aromatic ring is 1. The molecule has 2 heterocycles. The van der Waals surface area contributed by atoms with Crippen LogP contribution in [0.5, 0.6) is 5.75 Å². The minimum absolute atomic E-state index is 0.465. The third-order valence-corrected chi connectivity index (χ3v) is 2.99. The van der Waals surface area contributed by atoms with Gasteiger partial charge < -0.3 is 10.2 Å². The van der Waals surface area contributed by atoms with E-state index in [2.05, 4.69) is 25.8 Å². The van der Waals surface area contributed by atoms with Crippen molar-refractivity contribution in [3.8, 4) is 17.0 Å². The highest BCUT2D eigenvalue weighted by atomic mass is 16.5. The monoisotopic (exact) mass is 268 g/mol. The number of nitrogens with two attached hydrogens (primary N) is 1. The number of aromatic nitrogens is 4. The Morgan fingerprint density at radius 2 is 1.70 bits per heavy atom. The van der Waals surface area contributed by atoms with Crippen LogP contribution in [0, 0.1) is 0 Å². The van der Waals surface area contributed by atoms with Gasteiger partial charge >= 0.3 is 0 Å². The summed E-state index contributed by atoms with van der Waals surface area (Å²) < 4.78 is 5.14. The second kappa shape index (κ2) is 5.06. The summed E-state index contributed by atoms with van der Waals surface area (Å²) in [4.78, 5) is 0. The van der Waals surface area contributed by atoms with Gasteiger partial charge in [-0.3, -0.25) is 0 Å². The lowest BCUT2D eigenvalue weighted by Crippen LogP contribution is -2.10. The fraction of sp³-hybridized carbons (Fsp3) is 0.0769. The molecule has 0 aliphatic carbocycles. The van der Waals surface area contributed by atoms with Crippen molar-refractivity contribution in [3.63, 3.8) is 0 Å². The van der Waals surface area contributed by atoms with Gasteiger partial charge in [-0.25, -0.2) is 5.84 Å². The van der Waals surface area contributed by atoms with E-state index in [1.165, 1.54) is 0 Å². The summed E-state index contributed by atoms with van der Waals surface area (Å²) >= 11 is 0. The van der Waals surface area contributed by atoms with E-state index in [0.29, 0.717) is 5.82 Å². The predicted octanol–water partition coefficient (Wildman–Crippen LogP) is 1.38. The van der Waals surface area contributed by atoms with Gasteiger partial charge in [0, 0.05) is 10.9 Å². The third kappa shape index (κ3) is 1.99. The van der Waals surface area contributed by atoms with Crippen LogP contribution in [0.2, 0.25) is 0 Å². The summed E-state index contributed by atoms with van der Waals surface area (Å²) in [7, 11) is 1.63. The zero-order valence-corrected chi connectivity index (χ0v) is 10.7. The number of methoxy groups -OCH3 is 1. The molecule has 0 fully saturated rings. The van der Waals surface area contributed by atoms with Crippen LogP contribution >= 0.6 is 0 Å². The van der Waals surface area contributed by atoms with Crippen LogP contribution in [0.15, 0.2) is 36.7 Å². The highest BCUT2D eigenvalue weighted by molar-refractivity contribution is 5.98. The van der Waals surface area contributed by atoms with Crippen molar-refractivity contribution >= 4 is 16.6 Å². The van der Waals surface area contributed by atoms with Crippen molar-refractivity contribution < 1.29 is 4.74 Å². The summed E-state index contributed by atoms with van der Waals surface area (Å²) in [6.07, 6.45) is 3.25. The Morgan fingerprint density at radius 3 is 2.35 bits per heavy atom. The maximum absolute atomic E-state index is 5.43. The van der Waals surface area contributed by atoms with Crippen LogP contribution in [0.1, 0.15) is 0 Å². The van der Waals surface area contributed by atoms with E-state index in [9.17, 15) is 0 Å². The van der Waals surface area contributed by atoms with Gasteiger partial charge in [-0.2, -0.15) is 10.2 Å². The minimum atomic E-state index is 0.465. The molecule has 0 aliphatic heterocycles. The van der Waals surface area contributed by atoms with Crippen molar-refractivity contribution in [1.29, 1.82) is 0 Å². The fourth-order valence-corrected chi connectivity index (χ4v) is 1.98. The summed E-state index contributed by atoms with van der Waals surface area (Å²) in [6.45, 7) is 0. The molecular formula is C13H12N6O. The number of hydrogen-bond donors (Lipinski definition) is 2. The van der Waals surface area contributed by atoms with Crippen LogP contribution in [0.3, 0.4) is 0 Å². The number of rotatable bonds is 3. The van der Waals surface area contributed by atoms with Gasteiger partial charge in [0.25, 0.3) is 0 Å². The second-order valence-electron chi connectivity index (χ2n) is 4.09. The quantitative estimate of drug-likeness (QED) is 0.547.